The highest BCUT2D eigenvalue weighted by molar-refractivity contribution is 5.78. The lowest BCUT2D eigenvalue weighted by Crippen LogP contribution is -1.91. The summed E-state index contributed by atoms with van der Waals surface area (Å²) in [7, 11) is 0. The molecular formula is C15H10F2N4. The lowest BCUT2D eigenvalue weighted by Gasteiger charge is -2.03. The van der Waals surface area contributed by atoms with Crippen molar-refractivity contribution in [1.29, 1.82) is 0 Å². The standard InChI is InChI=1S/C15H10F2N4/c16-12-2-1-3-13(17)14(12)15-10(8-20-21-15)4-5-11-6-7-18-9-19-11/h1-9H,(H,20,21). The first-order valence-electron chi connectivity index (χ1n) is 6.17. The zero-order chi connectivity index (χ0) is 14.7. The van der Waals surface area contributed by atoms with Crippen molar-refractivity contribution in [2.24, 2.45) is 0 Å². The van der Waals surface area contributed by atoms with Crippen LogP contribution >= 0.6 is 0 Å². The minimum atomic E-state index is -0.643. The number of rotatable bonds is 3. The van der Waals surface area contributed by atoms with Gasteiger partial charge in [-0.25, -0.2) is 18.7 Å². The molecule has 0 aliphatic carbocycles. The van der Waals surface area contributed by atoms with Crippen molar-refractivity contribution in [3.05, 3.63) is 65.9 Å². The first-order chi connectivity index (χ1) is 10.3. The van der Waals surface area contributed by atoms with Gasteiger partial charge in [0.1, 0.15) is 18.0 Å². The molecule has 2 aromatic heterocycles. The SMILES string of the molecule is Fc1cccc(F)c1-c1[nH]ncc1C=Cc1ccncn1. The molecule has 0 amide bonds. The minimum absolute atomic E-state index is 0.127. The van der Waals surface area contributed by atoms with Crippen LogP contribution in [-0.2, 0) is 0 Å². The van der Waals surface area contributed by atoms with Crippen LogP contribution in [-0.4, -0.2) is 20.2 Å². The number of nitrogens with one attached hydrogen (secondary N) is 1. The summed E-state index contributed by atoms with van der Waals surface area (Å²) >= 11 is 0. The fourth-order valence-electron chi connectivity index (χ4n) is 1.93. The Bertz CT molecular complexity index is 761. The second-order valence-electron chi connectivity index (χ2n) is 4.26. The molecule has 1 N–H and O–H groups in total. The molecule has 0 atom stereocenters. The quantitative estimate of drug-likeness (QED) is 0.802. The molecule has 0 radical (unpaired) electrons. The average Bonchev–Trinajstić information content (AvgIpc) is 2.94. The molecular weight excluding hydrogens is 274 g/mol. The van der Waals surface area contributed by atoms with E-state index in [1.54, 1.807) is 24.4 Å². The van der Waals surface area contributed by atoms with Crippen LogP contribution in [0.5, 0.6) is 0 Å². The van der Waals surface area contributed by atoms with Crippen molar-refractivity contribution in [3.63, 3.8) is 0 Å². The van der Waals surface area contributed by atoms with Crippen LogP contribution in [0.25, 0.3) is 23.4 Å². The van der Waals surface area contributed by atoms with Gasteiger partial charge in [-0.05, 0) is 30.4 Å². The monoisotopic (exact) mass is 284 g/mol. The van der Waals surface area contributed by atoms with Gasteiger partial charge in [0.25, 0.3) is 0 Å². The van der Waals surface area contributed by atoms with Crippen LogP contribution in [0.15, 0.2) is 43.0 Å². The molecule has 21 heavy (non-hydrogen) atoms. The fourth-order valence-corrected chi connectivity index (χ4v) is 1.93. The molecule has 1 aromatic carbocycles. The van der Waals surface area contributed by atoms with Crippen LogP contribution in [0.1, 0.15) is 11.3 Å². The maximum Gasteiger partial charge on any atom is 0.135 e. The molecule has 0 aliphatic heterocycles. The van der Waals surface area contributed by atoms with E-state index >= 15 is 0 Å². The number of hydrogen-bond donors (Lipinski definition) is 1. The number of hydrogen-bond acceptors (Lipinski definition) is 3. The van der Waals surface area contributed by atoms with Crippen LogP contribution in [0.2, 0.25) is 0 Å². The zero-order valence-corrected chi connectivity index (χ0v) is 10.8. The van der Waals surface area contributed by atoms with Gasteiger partial charge in [0.2, 0.25) is 0 Å². The number of H-pyrrole nitrogens is 1. The Morgan fingerprint density at radius 2 is 1.86 bits per heavy atom. The third-order valence-electron chi connectivity index (χ3n) is 2.92. The maximum atomic E-state index is 13.8. The van der Waals surface area contributed by atoms with Gasteiger partial charge < -0.3 is 0 Å². The van der Waals surface area contributed by atoms with Gasteiger partial charge in [0, 0.05) is 11.8 Å². The highest BCUT2D eigenvalue weighted by Gasteiger charge is 2.15. The van der Waals surface area contributed by atoms with E-state index in [9.17, 15) is 8.78 Å². The van der Waals surface area contributed by atoms with Gasteiger partial charge in [-0.3, -0.25) is 5.10 Å². The number of benzene rings is 1. The number of halogens is 2. The molecule has 0 saturated heterocycles. The van der Waals surface area contributed by atoms with Crippen molar-refractivity contribution >= 4 is 12.2 Å². The van der Waals surface area contributed by atoms with E-state index in [4.69, 9.17) is 0 Å². The molecule has 3 aromatic rings. The van der Waals surface area contributed by atoms with Crippen molar-refractivity contribution in [2.45, 2.75) is 0 Å². The fraction of sp³-hybridized carbons (Fsp3) is 0. The highest BCUT2D eigenvalue weighted by Crippen LogP contribution is 2.27. The lowest BCUT2D eigenvalue weighted by molar-refractivity contribution is 0.588. The largest absolute Gasteiger partial charge is 0.277 e. The predicted octanol–water partition coefficient (Wildman–Crippen LogP) is 3.32. The smallest absolute Gasteiger partial charge is 0.135 e. The van der Waals surface area contributed by atoms with Crippen LogP contribution in [0, 0.1) is 11.6 Å². The van der Waals surface area contributed by atoms with E-state index in [0.717, 1.165) is 0 Å². The summed E-state index contributed by atoms with van der Waals surface area (Å²) < 4.78 is 27.6. The van der Waals surface area contributed by atoms with Crippen molar-refractivity contribution in [2.75, 3.05) is 0 Å². The molecule has 4 nitrogen and oxygen atoms in total. The average molecular weight is 284 g/mol. The zero-order valence-electron chi connectivity index (χ0n) is 10.8. The Morgan fingerprint density at radius 1 is 1.05 bits per heavy atom. The Balaban J connectivity index is 2.00. The van der Waals surface area contributed by atoms with E-state index < -0.39 is 11.6 Å². The Labute approximate surface area is 119 Å². The van der Waals surface area contributed by atoms with E-state index in [1.807, 2.05) is 0 Å². The molecule has 0 aliphatic rings. The molecule has 3 rings (SSSR count). The van der Waals surface area contributed by atoms with Gasteiger partial charge in [-0.15, -0.1) is 0 Å². The van der Waals surface area contributed by atoms with Crippen molar-refractivity contribution in [3.8, 4) is 11.3 Å². The molecule has 2 heterocycles. The van der Waals surface area contributed by atoms with Gasteiger partial charge in [-0.2, -0.15) is 5.10 Å². The normalized spacial score (nSPS) is 11.1. The second-order valence-corrected chi connectivity index (χ2v) is 4.26. The second kappa shape index (κ2) is 5.62. The predicted molar refractivity (Wildman–Crippen MR) is 74.9 cm³/mol. The maximum absolute atomic E-state index is 13.8. The molecule has 0 spiro atoms. The molecule has 0 unspecified atom stereocenters. The summed E-state index contributed by atoms with van der Waals surface area (Å²) in [6.45, 7) is 0. The summed E-state index contributed by atoms with van der Waals surface area (Å²) in [5.41, 5.74) is 1.41. The number of aromatic amines is 1. The molecule has 6 heteroatoms. The van der Waals surface area contributed by atoms with Gasteiger partial charge >= 0.3 is 0 Å². The minimum Gasteiger partial charge on any atom is -0.277 e. The van der Waals surface area contributed by atoms with Crippen molar-refractivity contribution < 1.29 is 8.78 Å². The first kappa shape index (κ1) is 13.1. The Hall–Kier alpha value is -2.89. The first-order valence-corrected chi connectivity index (χ1v) is 6.17. The summed E-state index contributed by atoms with van der Waals surface area (Å²) in [4.78, 5) is 7.86. The van der Waals surface area contributed by atoms with E-state index in [-0.39, 0.29) is 11.3 Å². The summed E-state index contributed by atoms with van der Waals surface area (Å²) in [6.07, 6.45) is 7.94. The van der Waals surface area contributed by atoms with Gasteiger partial charge in [0.05, 0.1) is 23.1 Å². The molecule has 0 saturated carbocycles. The Morgan fingerprint density at radius 3 is 2.57 bits per heavy atom. The number of aromatic nitrogens is 4. The Kier molecular flexibility index (Phi) is 3.51. The number of nitrogens with zero attached hydrogens (tertiary/aromatic N) is 3. The van der Waals surface area contributed by atoms with Crippen LogP contribution in [0.4, 0.5) is 8.78 Å². The van der Waals surface area contributed by atoms with Crippen LogP contribution in [0.3, 0.4) is 0 Å². The lowest BCUT2D eigenvalue weighted by atomic mass is 10.1. The summed E-state index contributed by atoms with van der Waals surface area (Å²) in [5, 5.41) is 6.48. The van der Waals surface area contributed by atoms with Gasteiger partial charge in [0.15, 0.2) is 0 Å². The third kappa shape index (κ3) is 2.69. The highest BCUT2D eigenvalue weighted by atomic mass is 19.1. The van der Waals surface area contributed by atoms with E-state index in [2.05, 4.69) is 20.2 Å². The van der Waals surface area contributed by atoms with Gasteiger partial charge in [-0.1, -0.05) is 6.07 Å². The molecule has 0 bridgehead atoms. The summed E-state index contributed by atoms with van der Waals surface area (Å²) in [5.74, 6) is -1.29. The topological polar surface area (TPSA) is 54.5 Å². The molecule has 0 fully saturated rings. The van der Waals surface area contributed by atoms with Crippen molar-refractivity contribution in [1.82, 2.24) is 20.2 Å². The molecule has 104 valence electrons. The third-order valence-corrected chi connectivity index (χ3v) is 2.92. The van der Waals surface area contributed by atoms with E-state index in [1.165, 1.54) is 30.7 Å². The summed E-state index contributed by atoms with van der Waals surface area (Å²) in [6, 6.07) is 5.45. The van der Waals surface area contributed by atoms with E-state index in [0.29, 0.717) is 11.3 Å². The van der Waals surface area contributed by atoms with Crippen LogP contribution < -0.4 is 0 Å².